The number of benzene rings is 1. The van der Waals surface area contributed by atoms with Crippen molar-refractivity contribution >= 4 is 23.7 Å². The van der Waals surface area contributed by atoms with Gasteiger partial charge in [-0.15, -0.1) is 23.7 Å². The zero-order valence-corrected chi connectivity index (χ0v) is 17.7. The minimum Gasteiger partial charge on any atom is -0.497 e. The Morgan fingerprint density at radius 1 is 1.23 bits per heavy atom. The van der Waals surface area contributed by atoms with Gasteiger partial charge in [-0.05, 0) is 42.0 Å². The number of ether oxygens (including phenoxy) is 2. The molecule has 2 N–H and O–H groups in total. The van der Waals surface area contributed by atoms with Crippen molar-refractivity contribution in [1.82, 2.24) is 5.32 Å². The third-order valence-electron chi connectivity index (χ3n) is 4.06. The van der Waals surface area contributed by atoms with Crippen LogP contribution in [0.3, 0.4) is 0 Å². The molecule has 0 radical (unpaired) electrons. The Morgan fingerprint density at radius 3 is 2.54 bits per heavy atom. The predicted molar refractivity (Wildman–Crippen MR) is 111 cm³/mol. The van der Waals surface area contributed by atoms with E-state index in [1.54, 1.807) is 18.4 Å². The lowest BCUT2D eigenvalue weighted by molar-refractivity contribution is 0.103. The minimum absolute atomic E-state index is 0. The second-order valence-electron chi connectivity index (χ2n) is 7.22. The Kier molecular flexibility index (Phi) is 8.90. The van der Waals surface area contributed by atoms with E-state index in [0.29, 0.717) is 6.54 Å². The molecule has 0 fully saturated rings. The zero-order valence-electron chi connectivity index (χ0n) is 16.1. The summed E-state index contributed by atoms with van der Waals surface area (Å²) in [6, 6.07) is 10.1. The molecule has 4 nitrogen and oxygen atoms in total. The molecule has 0 amide bonds. The van der Waals surface area contributed by atoms with Crippen molar-refractivity contribution in [3.63, 3.8) is 0 Å². The number of aliphatic hydroxyl groups excluding tert-OH is 1. The topological polar surface area (TPSA) is 50.7 Å². The molecule has 1 heterocycles. The lowest BCUT2D eigenvalue weighted by Crippen LogP contribution is -2.33. The molecule has 0 aliphatic rings. The second kappa shape index (κ2) is 10.2. The van der Waals surface area contributed by atoms with E-state index >= 15 is 0 Å². The maximum absolute atomic E-state index is 10.2. The molecule has 0 saturated carbocycles. The minimum atomic E-state index is -0.572. The van der Waals surface area contributed by atoms with Crippen LogP contribution in [-0.2, 0) is 5.41 Å². The fraction of sp³-hybridized carbons (Fsp3) is 0.500. The summed E-state index contributed by atoms with van der Waals surface area (Å²) in [5.41, 5.74) is 1.000. The van der Waals surface area contributed by atoms with Gasteiger partial charge in [-0.1, -0.05) is 26.8 Å². The lowest BCUT2D eigenvalue weighted by atomic mass is 9.86. The van der Waals surface area contributed by atoms with Gasteiger partial charge in [0.05, 0.1) is 7.11 Å². The number of methoxy groups -OCH3 is 1. The summed E-state index contributed by atoms with van der Waals surface area (Å²) in [6.07, 6.45) is -0.572. The third kappa shape index (κ3) is 6.47. The van der Waals surface area contributed by atoms with Crippen LogP contribution in [-0.4, -0.2) is 31.5 Å². The van der Waals surface area contributed by atoms with Crippen LogP contribution in [0.15, 0.2) is 35.7 Å². The summed E-state index contributed by atoms with van der Waals surface area (Å²) in [7, 11) is 1.66. The van der Waals surface area contributed by atoms with E-state index in [9.17, 15) is 5.11 Å². The van der Waals surface area contributed by atoms with Gasteiger partial charge in [-0.2, -0.15) is 0 Å². The van der Waals surface area contributed by atoms with Crippen LogP contribution >= 0.6 is 23.7 Å². The fourth-order valence-corrected chi connectivity index (χ4v) is 3.30. The Balaban J connectivity index is 0.00000338. The highest BCUT2D eigenvalue weighted by Gasteiger charge is 2.20. The molecular formula is C20H30ClNO3S. The Morgan fingerprint density at radius 2 is 1.96 bits per heavy atom. The van der Waals surface area contributed by atoms with Gasteiger partial charge in [0, 0.05) is 23.0 Å². The van der Waals surface area contributed by atoms with Crippen LogP contribution in [0.25, 0.3) is 0 Å². The molecule has 0 saturated heterocycles. The summed E-state index contributed by atoms with van der Waals surface area (Å²) in [5.74, 6) is 1.60. The Bertz CT molecular complexity index is 656. The standard InChI is InChI=1S/C20H29NO3S.ClH/c1-14(19-7-6-10-25-19)21-12-15(22)13-24-18-9-8-16(23-5)11-17(18)20(2,3)4;/h6-11,14-15,21-22H,12-13H2,1-5H3;1H. The Hall–Kier alpha value is -1.27. The molecule has 2 rings (SSSR count). The largest absolute Gasteiger partial charge is 0.497 e. The average molecular weight is 400 g/mol. The summed E-state index contributed by atoms with van der Waals surface area (Å²) in [5, 5.41) is 15.6. The smallest absolute Gasteiger partial charge is 0.123 e. The molecule has 1 aromatic heterocycles. The van der Waals surface area contributed by atoms with Crippen molar-refractivity contribution in [2.24, 2.45) is 0 Å². The molecule has 0 spiro atoms. The molecule has 2 aromatic rings. The summed E-state index contributed by atoms with van der Waals surface area (Å²) < 4.78 is 11.2. The molecule has 2 unspecified atom stereocenters. The quantitative estimate of drug-likeness (QED) is 0.682. The van der Waals surface area contributed by atoms with Crippen LogP contribution in [0.2, 0.25) is 0 Å². The number of thiophene rings is 1. The number of aliphatic hydroxyl groups is 1. The van der Waals surface area contributed by atoms with E-state index in [0.717, 1.165) is 17.1 Å². The van der Waals surface area contributed by atoms with Gasteiger partial charge in [0.2, 0.25) is 0 Å². The highest BCUT2D eigenvalue weighted by Crippen LogP contribution is 2.34. The predicted octanol–water partition coefficient (Wildman–Crippen LogP) is 4.57. The second-order valence-corrected chi connectivity index (χ2v) is 8.20. The summed E-state index contributed by atoms with van der Waals surface area (Å²) >= 11 is 1.71. The molecule has 0 aliphatic carbocycles. The van der Waals surface area contributed by atoms with Crippen molar-refractivity contribution < 1.29 is 14.6 Å². The summed E-state index contributed by atoms with van der Waals surface area (Å²) in [4.78, 5) is 1.26. The number of hydrogen-bond acceptors (Lipinski definition) is 5. The number of hydrogen-bond donors (Lipinski definition) is 2. The van der Waals surface area contributed by atoms with Gasteiger partial charge in [-0.25, -0.2) is 0 Å². The van der Waals surface area contributed by atoms with Crippen LogP contribution in [0.1, 0.15) is 44.2 Å². The Labute approximate surface area is 167 Å². The van der Waals surface area contributed by atoms with E-state index in [1.165, 1.54) is 4.88 Å². The molecule has 0 aliphatic heterocycles. The van der Waals surface area contributed by atoms with Gasteiger partial charge in [0.15, 0.2) is 0 Å². The van der Waals surface area contributed by atoms with Crippen LogP contribution < -0.4 is 14.8 Å². The summed E-state index contributed by atoms with van der Waals surface area (Å²) in [6.45, 7) is 9.24. The normalized spacial score (nSPS) is 13.6. The first-order valence-electron chi connectivity index (χ1n) is 8.57. The van der Waals surface area contributed by atoms with Crippen LogP contribution in [0.4, 0.5) is 0 Å². The van der Waals surface area contributed by atoms with Crippen LogP contribution in [0, 0.1) is 0 Å². The molecule has 26 heavy (non-hydrogen) atoms. The highest BCUT2D eigenvalue weighted by atomic mass is 35.5. The first-order chi connectivity index (χ1) is 11.8. The van der Waals surface area contributed by atoms with Gasteiger partial charge in [0.25, 0.3) is 0 Å². The molecule has 2 atom stereocenters. The van der Waals surface area contributed by atoms with E-state index in [2.05, 4.69) is 44.5 Å². The maximum atomic E-state index is 10.2. The van der Waals surface area contributed by atoms with E-state index in [1.807, 2.05) is 24.3 Å². The number of nitrogens with one attached hydrogen (secondary N) is 1. The fourth-order valence-electron chi connectivity index (χ4n) is 2.54. The molecular weight excluding hydrogens is 370 g/mol. The van der Waals surface area contributed by atoms with Gasteiger partial charge in [0.1, 0.15) is 24.2 Å². The van der Waals surface area contributed by atoms with E-state index < -0.39 is 6.10 Å². The third-order valence-corrected chi connectivity index (χ3v) is 5.11. The molecule has 0 bridgehead atoms. The van der Waals surface area contributed by atoms with Crippen LogP contribution in [0.5, 0.6) is 11.5 Å². The molecule has 146 valence electrons. The number of halogens is 1. The SMILES string of the molecule is COc1ccc(OCC(O)CNC(C)c2cccs2)c(C(C)(C)C)c1.Cl. The van der Waals surface area contributed by atoms with Crippen molar-refractivity contribution in [2.75, 3.05) is 20.3 Å². The van der Waals surface area contributed by atoms with Gasteiger partial charge in [-0.3, -0.25) is 0 Å². The average Bonchev–Trinajstić information content (AvgIpc) is 3.11. The maximum Gasteiger partial charge on any atom is 0.123 e. The van der Waals surface area contributed by atoms with E-state index in [-0.39, 0.29) is 30.5 Å². The molecule has 6 heteroatoms. The number of rotatable bonds is 8. The zero-order chi connectivity index (χ0) is 18.4. The highest BCUT2D eigenvalue weighted by molar-refractivity contribution is 7.10. The van der Waals surface area contributed by atoms with E-state index in [4.69, 9.17) is 9.47 Å². The van der Waals surface area contributed by atoms with Gasteiger partial charge >= 0.3 is 0 Å². The van der Waals surface area contributed by atoms with Gasteiger partial charge < -0.3 is 19.9 Å². The monoisotopic (exact) mass is 399 g/mol. The first kappa shape index (κ1) is 22.8. The first-order valence-corrected chi connectivity index (χ1v) is 9.45. The van der Waals surface area contributed by atoms with Crippen molar-refractivity contribution in [3.8, 4) is 11.5 Å². The van der Waals surface area contributed by atoms with Crippen molar-refractivity contribution in [1.29, 1.82) is 0 Å². The lowest BCUT2D eigenvalue weighted by Gasteiger charge is -2.24. The van der Waals surface area contributed by atoms with Crippen molar-refractivity contribution in [3.05, 3.63) is 46.2 Å². The molecule has 1 aromatic carbocycles. The van der Waals surface area contributed by atoms with Crippen molar-refractivity contribution in [2.45, 2.75) is 45.3 Å².